The molecule has 90 valence electrons. The molecule has 1 fully saturated rings. The summed E-state index contributed by atoms with van der Waals surface area (Å²) in [4.78, 5) is 0. The molecule has 1 aliphatic heterocycles. The maximum absolute atomic E-state index is 8.76. The molecule has 0 aliphatic carbocycles. The molecule has 1 aliphatic rings. The molecule has 0 saturated carbocycles. The van der Waals surface area contributed by atoms with Gasteiger partial charge in [-0.25, -0.2) is 0 Å². The molecule has 1 aromatic carbocycles. The van der Waals surface area contributed by atoms with Crippen molar-refractivity contribution in [3.05, 3.63) is 35.4 Å². The fourth-order valence-electron chi connectivity index (χ4n) is 1.96. The smallest absolute Gasteiger partial charge is 0.0991 e. The summed E-state index contributed by atoms with van der Waals surface area (Å²) < 4.78 is 5.93. The first-order valence-electron chi connectivity index (χ1n) is 5.93. The Kier molecular flexibility index (Phi) is 3.46. The Morgan fingerprint density at radius 3 is 2.71 bits per heavy atom. The molecule has 1 atom stereocenters. The lowest BCUT2D eigenvalue weighted by Gasteiger charge is -2.21. The Labute approximate surface area is 102 Å². The van der Waals surface area contributed by atoms with Gasteiger partial charge in [0, 0.05) is 18.5 Å². The highest BCUT2D eigenvalue weighted by atomic mass is 16.5. The molecular formula is C14H18N2O. The minimum Gasteiger partial charge on any atom is -0.372 e. The molecule has 1 aromatic rings. The fourth-order valence-corrected chi connectivity index (χ4v) is 1.96. The van der Waals surface area contributed by atoms with Crippen molar-refractivity contribution in [1.82, 2.24) is 5.32 Å². The van der Waals surface area contributed by atoms with Crippen molar-refractivity contribution < 1.29 is 4.74 Å². The summed E-state index contributed by atoms with van der Waals surface area (Å²) in [7, 11) is 0. The largest absolute Gasteiger partial charge is 0.372 e. The zero-order chi connectivity index (χ0) is 12.3. The predicted octanol–water partition coefficient (Wildman–Crippen LogP) is 2.25. The number of hydrogen-bond donors (Lipinski definition) is 1. The van der Waals surface area contributed by atoms with Gasteiger partial charge in [-0.15, -0.1) is 0 Å². The first kappa shape index (κ1) is 12.1. The Hall–Kier alpha value is -1.37. The second-order valence-electron chi connectivity index (χ2n) is 5.33. The standard InChI is InChI=1S/C14H18N2O/c1-14(2)9-16-8-13(17-10-14)12-5-3-11(7-15)4-6-12/h3-6,13,16H,8-10H2,1-2H3. The van der Waals surface area contributed by atoms with Crippen molar-refractivity contribution in [2.45, 2.75) is 20.0 Å². The van der Waals surface area contributed by atoms with Crippen LogP contribution in [0, 0.1) is 16.7 Å². The second-order valence-corrected chi connectivity index (χ2v) is 5.33. The van der Waals surface area contributed by atoms with Crippen molar-refractivity contribution in [3.63, 3.8) is 0 Å². The lowest BCUT2D eigenvalue weighted by molar-refractivity contribution is 0.0260. The molecule has 1 unspecified atom stereocenters. The van der Waals surface area contributed by atoms with Crippen LogP contribution in [0.3, 0.4) is 0 Å². The topological polar surface area (TPSA) is 45.0 Å². The molecule has 0 aromatic heterocycles. The van der Waals surface area contributed by atoms with E-state index in [-0.39, 0.29) is 11.5 Å². The third-order valence-corrected chi connectivity index (χ3v) is 3.02. The monoisotopic (exact) mass is 230 g/mol. The van der Waals surface area contributed by atoms with E-state index in [1.807, 2.05) is 24.3 Å². The van der Waals surface area contributed by atoms with E-state index in [1.165, 1.54) is 0 Å². The van der Waals surface area contributed by atoms with Gasteiger partial charge in [-0.3, -0.25) is 0 Å². The highest BCUT2D eigenvalue weighted by molar-refractivity contribution is 5.32. The number of nitriles is 1. The summed E-state index contributed by atoms with van der Waals surface area (Å²) in [6, 6.07) is 9.76. The van der Waals surface area contributed by atoms with Gasteiger partial charge in [0.05, 0.1) is 24.3 Å². The zero-order valence-electron chi connectivity index (χ0n) is 10.4. The van der Waals surface area contributed by atoms with Gasteiger partial charge in [-0.05, 0) is 17.7 Å². The van der Waals surface area contributed by atoms with Gasteiger partial charge in [-0.1, -0.05) is 26.0 Å². The molecule has 0 spiro atoms. The molecule has 17 heavy (non-hydrogen) atoms. The molecule has 0 bridgehead atoms. The van der Waals surface area contributed by atoms with Crippen LogP contribution in [0.25, 0.3) is 0 Å². The van der Waals surface area contributed by atoms with Crippen molar-refractivity contribution >= 4 is 0 Å². The third kappa shape index (κ3) is 3.06. The van der Waals surface area contributed by atoms with Crippen LogP contribution >= 0.6 is 0 Å². The van der Waals surface area contributed by atoms with Gasteiger partial charge in [0.25, 0.3) is 0 Å². The quantitative estimate of drug-likeness (QED) is 0.804. The number of ether oxygens (including phenoxy) is 1. The molecule has 2 rings (SSSR count). The summed E-state index contributed by atoms with van der Waals surface area (Å²) in [6.45, 7) is 6.95. The van der Waals surface area contributed by atoms with Crippen LogP contribution in [0.2, 0.25) is 0 Å². The Morgan fingerprint density at radius 2 is 2.06 bits per heavy atom. The normalized spacial score (nSPS) is 23.7. The van der Waals surface area contributed by atoms with Crippen molar-refractivity contribution in [2.24, 2.45) is 5.41 Å². The van der Waals surface area contributed by atoms with Gasteiger partial charge in [0.15, 0.2) is 0 Å². The maximum Gasteiger partial charge on any atom is 0.0991 e. The fraction of sp³-hybridized carbons (Fsp3) is 0.500. The Morgan fingerprint density at radius 1 is 1.35 bits per heavy atom. The lowest BCUT2D eigenvalue weighted by atomic mass is 9.95. The summed E-state index contributed by atoms with van der Waals surface area (Å²) in [5.74, 6) is 0. The second kappa shape index (κ2) is 4.87. The highest BCUT2D eigenvalue weighted by Gasteiger charge is 2.25. The van der Waals surface area contributed by atoms with Crippen LogP contribution in [0.15, 0.2) is 24.3 Å². The van der Waals surface area contributed by atoms with E-state index in [0.717, 1.165) is 25.3 Å². The summed E-state index contributed by atoms with van der Waals surface area (Å²) in [5, 5.41) is 12.2. The van der Waals surface area contributed by atoms with E-state index in [2.05, 4.69) is 25.2 Å². The molecule has 1 saturated heterocycles. The average Bonchev–Trinajstić information content (AvgIpc) is 2.50. The van der Waals surface area contributed by atoms with Crippen LogP contribution in [0.1, 0.15) is 31.1 Å². The summed E-state index contributed by atoms with van der Waals surface area (Å²) in [5.41, 5.74) is 2.01. The van der Waals surface area contributed by atoms with Gasteiger partial charge >= 0.3 is 0 Å². The van der Waals surface area contributed by atoms with E-state index in [0.29, 0.717) is 5.56 Å². The SMILES string of the molecule is CC1(C)CNCC(c2ccc(C#N)cc2)OC1. The number of nitrogens with zero attached hydrogens (tertiary/aromatic N) is 1. The highest BCUT2D eigenvalue weighted by Crippen LogP contribution is 2.25. The first-order chi connectivity index (χ1) is 8.11. The molecule has 1 N–H and O–H groups in total. The van der Waals surface area contributed by atoms with Crippen LogP contribution < -0.4 is 5.32 Å². The molecule has 1 heterocycles. The maximum atomic E-state index is 8.76. The summed E-state index contributed by atoms with van der Waals surface area (Å²) in [6.07, 6.45) is 0.0875. The van der Waals surface area contributed by atoms with Crippen LogP contribution in [0.5, 0.6) is 0 Å². The van der Waals surface area contributed by atoms with Gasteiger partial charge in [0.1, 0.15) is 0 Å². The van der Waals surface area contributed by atoms with E-state index in [4.69, 9.17) is 10.00 Å². The minimum absolute atomic E-state index is 0.0875. The summed E-state index contributed by atoms with van der Waals surface area (Å²) >= 11 is 0. The lowest BCUT2D eigenvalue weighted by Crippen LogP contribution is -2.29. The van der Waals surface area contributed by atoms with E-state index < -0.39 is 0 Å². The number of benzene rings is 1. The van der Waals surface area contributed by atoms with Crippen LogP contribution in [-0.4, -0.2) is 19.7 Å². The van der Waals surface area contributed by atoms with E-state index >= 15 is 0 Å². The predicted molar refractivity (Wildman–Crippen MR) is 66.5 cm³/mol. The minimum atomic E-state index is 0.0875. The van der Waals surface area contributed by atoms with Gasteiger partial charge in [0.2, 0.25) is 0 Å². The Balaban J connectivity index is 2.09. The van der Waals surface area contributed by atoms with Gasteiger partial charge in [-0.2, -0.15) is 5.26 Å². The van der Waals surface area contributed by atoms with Crippen LogP contribution in [-0.2, 0) is 4.74 Å². The number of rotatable bonds is 1. The number of hydrogen-bond acceptors (Lipinski definition) is 3. The first-order valence-corrected chi connectivity index (χ1v) is 5.93. The van der Waals surface area contributed by atoms with Crippen molar-refractivity contribution in [3.8, 4) is 6.07 Å². The number of nitrogens with one attached hydrogen (secondary N) is 1. The van der Waals surface area contributed by atoms with Crippen molar-refractivity contribution in [2.75, 3.05) is 19.7 Å². The third-order valence-electron chi connectivity index (χ3n) is 3.02. The molecule has 3 nitrogen and oxygen atoms in total. The molecular weight excluding hydrogens is 212 g/mol. The van der Waals surface area contributed by atoms with Crippen molar-refractivity contribution in [1.29, 1.82) is 5.26 Å². The Bertz CT molecular complexity index is 417. The van der Waals surface area contributed by atoms with Gasteiger partial charge < -0.3 is 10.1 Å². The zero-order valence-corrected chi connectivity index (χ0v) is 10.4. The van der Waals surface area contributed by atoms with E-state index in [1.54, 1.807) is 0 Å². The molecule has 0 radical (unpaired) electrons. The molecule has 0 amide bonds. The average molecular weight is 230 g/mol. The van der Waals surface area contributed by atoms with E-state index in [9.17, 15) is 0 Å². The van der Waals surface area contributed by atoms with Crippen LogP contribution in [0.4, 0.5) is 0 Å². The molecule has 3 heteroatoms.